The van der Waals surface area contributed by atoms with Crippen molar-refractivity contribution in [2.75, 3.05) is 45.8 Å². The monoisotopic (exact) mass is 533 g/mol. The summed E-state index contributed by atoms with van der Waals surface area (Å²) >= 11 is 0. The minimum absolute atomic E-state index is 0. The molecule has 1 saturated carbocycles. The molecule has 1 amide bonds. The maximum absolute atomic E-state index is 12.6. The van der Waals surface area contributed by atoms with Crippen LogP contribution in [0.3, 0.4) is 0 Å². The second-order valence-electron chi connectivity index (χ2n) is 9.39. The summed E-state index contributed by atoms with van der Waals surface area (Å²) in [5.74, 6) is 2.50. The number of guanidine groups is 1. The van der Waals surface area contributed by atoms with Gasteiger partial charge in [0, 0.05) is 38.1 Å². The van der Waals surface area contributed by atoms with E-state index in [9.17, 15) is 4.79 Å². The number of piperidine rings is 1. The summed E-state index contributed by atoms with van der Waals surface area (Å²) in [7, 11) is 0. The van der Waals surface area contributed by atoms with E-state index in [1.807, 2.05) is 0 Å². The highest BCUT2D eigenvalue weighted by atomic mass is 127. The van der Waals surface area contributed by atoms with Crippen molar-refractivity contribution >= 4 is 35.8 Å². The van der Waals surface area contributed by atoms with E-state index in [-0.39, 0.29) is 24.0 Å². The summed E-state index contributed by atoms with van der Waals surface area (Å²) < 4.78 is 0. The summed E-state index contributed by atoms with van der Waals surface area (Å²) in [4.78, 5) is 22.1. The summed E-state index contributed by atoms with van der Waals surface area (Å²) in [6.45, 7) is 11.7. The molecule has 174 valence electrons. The van der Waals surface area contributed by atoms with Gasteiger partial charge in [-0.2, -0.15) is 0 Å². The van der Waals surface area contributed by atoms with E-state index >= 15 is 0 Å². The number of unbranched alkanes of at least 4 members (excludes halogenated alkanes) is 1. The Morgan fingerprint density at radius 3 is 2.47 bits per heavy atom. The molecular formula is C23H44IN5O. The predicted molar refractivity (Wildman–Crippen MR) is 136 cm³/mol. The highest BCUT2D eigenvalue weighted by molar-refractivity contribution is 14.0. The van der Waals surface area contributed by atoms with Crippen molar-refractivity contribution in [2.45, 2.75) is 77.7 Å². The third kappa shape index (κ3) is 8.17. The number of carbonyl (C=O) groups is 1. The van der Waals surface area contributed by atoms with Crippen LogP contribution in [0.1, 0.15) is 71.6 Å². The van der Waals surface area contributed by atoms with Gasteiger partial charge in [-0.05, 0) is 77.4 Å². The van der Waals surface area contributed by atoms with Gasteiger partial charge in [-0.25, -0.2) is 0 Å². The van der Waals surface area contributed by atoms with Gasteiger partial charge in [-0.1, -0.05) is 19.8 Å². The number of hydrogen-bond acceptors (Lipinski definition) is 3. The number of nitrogens with one attached hydrogen (secondary N) is 2. The van der Waals surface area contributed by atoms with Gasteiger partial charge in [0.2, 0.25) is 5.91 Å². The maximum atomic E-state index is 12.6. The second kappa shape index (κ2) is 13.8. The SMILES string of the molecule is CCNC(=NCCCCN1CCC(C)CC1)NC1CCN(C(=O)C2CCCC2)C1.I. The molecule has 1 aliphatic carbocycles. The van der Waals surface area contributed by atoms with Gasteiger partial charge in [0.05, 0.1) is 0 Å². The lowest BCUT2D eigenvalue weighted by Crippen LogP contribution is -2.45. The molecule has 3 rings (SSSR count). The van der Waals surface area contributed by atoms with E-state index < -0.39 is 0 Å². The van der Waals surface area contributed by atoms with Crippen molar-refractivity contribution in [3.8, 4) is 0 Å². The quantitative estimate of drug-likeness (QED) is 0.217. The molecule has 0 spiro atoms. The average Bonchev–Trinajstić information content (AvgIpc) is 3.41. The Hall–Kier alpha value is -0.570. The number of nitrogens with zero attached hydrogens (tertiary/aromatic N) is 3. The third-order valence-corrected chi connectivity index (χ3v) is 6.92. The molecular weight excluding hydrogens is 489 g/mol. The Morgan fingerprint density at radius 2 is 1.77 bits per heavy atom. The molecule has 0 radical (unpaired) electrons. The number of aliphatic imine (C=N–C) groups is 1. The van der Waals surface area contributed by atoms with Crippen molar-refractivity contribution in [3.05, 3.63) is 0 Å². The van der Waals surface area contributed by atoms with E-state index in [2.05, 4.69) is 34.3 Å². The molecule has 3 aliphatic rings. The molecule has 1 atom stereocenters. The number of carbonyl (C=O) groups excluding carboxylic acids is 1. The van der Waals surface area contributed by atoms with Crippen LogP contribution in [-0.2, 0) is 4.79 Å². The first-order valence-electron chi connectivity index (χ1n) is 12.2. The van der Waals surface area contributed by atoms with Crippen molar-refractivity contribution in [1.29, 1.82) is 0 Å². The van der Waals surface area contributed by atoms with Crippen LogP contribution in [-0.4, -0.2) is 73.5 Å². The maximum Gasteiger partial charge on any atom is 0.225 e. The van der Waals surface area contributed by atoms with Crippen LogP contribution in [0.15, 0.2) is 4.99 Å². The number of amides is 1. The number of halogens is 1. The lowest BCUT2D eigenvalue weighted by molar-refractivity contribution is -0.134. The first kappa shape index (κ1) is 25.7. The number of hydrogen-bond donors (Lipinski definition) is 2. The van der Waals surface area contributed by atoms with Gasteiger partial charge < -0.3 is 20.4 Å². The van der Waals surface area contributed by atoms with Gasteiger partial charge in [0.1, 0.15) is 0 Å². The first-order chi connectivity index (χ1) is 14.2. The van der Waals surface area contributed by atoms with E-state index in [0.29, 0.717) is 17.9 Å². The van der Waals surface area contributed by atoms with Gasteiger partial charge in [0.25, 0.3) is 0 Å². The molecule has 1 unspecified atom stereocenters. The van der Waals surface area contributed by atoms with E-state index in [1.54, 1.807) is 0 Å². The summed E-state index contributed by atoms with van der Waals surface area (Å²) in [6, 6.07) is 0.327. The lowest BCUT2D eigenvalue weighted by atomic mass is 9.99. The van der Waals surface area contributed by atoms with Crippen molar-refractivity contribution < 1.29 is 4.79 Å². The topological polar surface area (TPSA) is 60.0 Å². The zero-order chi connectivity index (χ0) is 20.5. The Morgan fingerprint density at radius 1 is 1.03 bits per heavy atom. The van der Waals surface area contributed by atoms with Gasteiger partial charge in [-0.15, -0.1) is 24.0 Å². The number of rotatable bonds is 8. The Bertz CT molecular complexity index is 530. The molecule has 6 nitrogen and oxygen atoms in total. The van der Waals surface area contributed by atoms with Crippen LogP contribution in [0.4, 0.5) is 0 Å². The largest absolute Gasteiger partial charge is 0.357 e. The molecule has 2 saturated heterocycles. The fourth-order valence-corrected chi connectivity index (χ4v) is 4.95. The molecule has 3 fully saturated rings. The molecule has 2 heterocycles. The number of likely N-dealkylation sites (tertiary alicyclic amines) is 2. The molecule has 7 heteroatoms. The van der Waals surface area contributed by atoms with Crippen LogP contribution >= 0.6 is 24.0 Å². The lowest BCUT2D eigenvalue weighted by Gasteiger charge is -2.30. The average molecular weight is 534 g/mol. The van der Waals surface area contributed by atoms with Crippen molar-refractivity contribution in [1.82, 2.24) is 20.4 Å². The zero-order valence-corrected chi connectivity index (χ0v) is 21.5. The van der Waals surface area contributed by atoms with E-state index in [0.717, 1.165) is 63.7 Å². The smallest absolute Gasteiger partial charge is 0.225 e. The normalized spacial score (nSPS) is 24.1. The molecule has 0 aromatic carbocycles. The molecule has 2 N–H and O–H groups in total. The van der Waals surface area contributed by atoms with Gasteiger partial charge in [-0.3, -0.25) is 9.79 Å². The van der Waals surface area contributed by atoms with E-state index in [1.165, 1.54) is 51.7 Å². The van der Waals surface area contributed by atoms with Crippen LogP contribution in [0.2, 0.25) is 0 Å². The standard InChI is InChI=1S/C23H43N5O.HI/c1-3-24-23(25-13-6-7-14-27-15-10-19(2)11-16-27)26-21-12-17-28(18-21)22(29)20-8-4-5-9-20;/h19-21H,3-18H2,1-2H3,(H2,24,25,26);1H. The summed E-state index contributed by atoms with van der Waals surface area (Å²) in [5.41, 5.74) is 0. The molecule has 0 aromatic rings. The van der Waals surface area contributed by atoms with Crippen molar-refractivity contribution in [2.24, 2.45) is 16.8 Å². The molecule has 0 bridgehead atoms. The third-order valence-electron chi connectivity index (χ3n) is 6.92. The Balaban J connectivity index is 0.00000320. The van der Waals surface area contributed by atoms with Crippen LogP contribution in [0.5, 0.6) is 0 Å². The second-order valence-corrected chi connectivity index (χ2v) is 9.39. The van der Waals surface area contributed by atoms with Gasteiger partial charge >= 0.3 is 0 Å². The minimum atomic E-state index is 0. The van der Waals surface area contributed by atoms with Crippen molar-refractivity contribution in [3.63, 3.8) is 0 Å². The van der Waals surface area contributed by atoms with E-state index in [4.69, 9.17) is 4.99 Å². The summed E-state index contributed by atoms with van der Waals surface area (Å²) in [6.07, 6.45) is 10.7. The highest BCUT2D eigenvalue weighted by Crippen LogP contribution is 2.27. The van der Waals surface area contributed by atoms with Gasteiger partial charge in [0.15, 0.2) is 5.96 Å². The molecule has 2 aliphatic heterocycles. The predicted octanol–water partition coefficient (Wildman–Crippen LogP) is 3.46. The van der Waals surface area contributed by atoms with Crippen LogP contribution in [0, 0.1) is 11.8 Å². The minimum Gasteiger partial charge on any atom is -0.357 e. The van der Waals surface area contributed by atoms with Crippen LogP contribution < -0.4 is 10.6 Å². The molecule has 0 aromatic heterocycles. The summed E-state index contributed by atoms with van der Waals surface area (Å²) in [5, 5.41) is 6.95. The fourth-order valence-electron chi connectivity index (χ4n) is 4.95. The first-order valence-corrected chi connectivity index (χ1v) is 12.2. The highest BCUT2D eigenvalue weighted by Gasteiger charge is 2.32. The molecule has 30 heavy (non-hydrogen) atoms. The Labute approximate surface area is 201 Å². The van der Waals surface area contributed by atoms with Crippen LogP contribution in [0.25, 0.3) is 0 Å². The zero-order valence-electron chi connectivity index (χ0n) is 19.2. The fraction of sp³-hybridized carbons (Fsp3) is 0.913. The Kier molecular flexibility index (Phi) is 11.8.